The molecule has 1 aliphatic rings. The van der Waals surface area contributed by atoms with Gasteiger partial charge in [0.2, 0.25) is 5.95 Å². The molecule has 18 heavy (non-hydrogen) atoms. The maximum absolute atomic E-state index is 4.57. The number of nitrogens with one attached hydrogen (secondary N) is 1. The van der Waals surface area contributed by atoms with Crippen LogP contribution in [0.3, 0.4) is 0 Å². The normalized spacial score (nSPS) is 18.2. The van der Waals surface area contributed by atoms with Gasteiger partial charge in [-0.2, -0.15) is 10.1 Å². The van der Waals surface area contributed by atoms with Crippen LogP contribution >= 0.6 is 0 Å². The number of hydrogen-bond donors (Lipinski definition) is 1. The zero-order valence-electron chi connectivity index (χ0n) is 11.4. The zero-order chi connectivity index (χ0) is 12.8. The van der Waals surface area contributed by atoms with Crippen LogP contribution in [0.4, 0.5) is 11.8 Å². The summed E-state index contributed by atoms with van der Waals surface area (Å²) in [4.78, 5) is 6.89. The van der Waals surface area contributed by atoms with Crippen molar-refractivity contribution >= 4 is 11.8 Å². The molecular weight excluding hydrogens is 226 g/mol. The van der Waals surface area contributed by atoms with E-state index < -0.39 is 0 Å². The second-order valence-corrected chi connectivity index (χ2v) is 4.99. The van der Waals surface area contributed by atoms with Gasteiger partial charge < -0.3 is 10.2 Å². The van der Waals surface area contributed by atoms with E-state index >= 15 is 0 Å². The third-order valence-electron chi connectivity index (χ3n) is 3.46. The van der Waals surface area contributed by atoms with E-state index in [-0.39, 0.29) is 0 Å². The van der Waals surface area contributed by atoms with Crippen molar-refractivity contribution in [2.45, 2.75) is 52.0 Å². The Morgan fingerprint density at radius 3 is 2.67 bits per heavy atom. The molecule has 1 aromatic rings. The standard InChI is InChI=1S/C13H23N5/c1-3-11(2)15-13-16-12(10-14-17-13)18-8-6-4-5-7-9-18/h10-11H,3-9H2,1-2H3,(H,15,16,17). The van der Waals surface area contributed by atoms with Crippen molar-refractivity contribution in [3.63, 3.8) is 0 Å². The van der Waals surface area contributed by atoms with Crippen molar-refractivity contribution in [1.29, 1.82) is 0 Å². The largest absolute Gasteiger partial charge is 0.355 e. The highest BCUT2D eigenvalue weighted by Crippen LogP contribution is 2.17. The third-order valence-corrected chi connectivity index (χ3v) is 3.46. The monoisotopic (exact) mass is 249 g/mol. The summed E-state index contributed by atoms with van der Waals surface area (Å²) in [6.07, 6.45) is 7.97. The number of aromatic nitrogens is 3. The van der Waals surface area contributed by atoms with Gasteiger partial charge >= 0.3 is 0 Å². The maximum Gasteiger partial charge on any atom is 0.244 e. The molecule has 100 valence electrons. The Labute approximate surface area is 109 Å². The van der Waals surface area contributed by atoms with Gasteiger partial charge in [0.05, 0.1) is 6.20 Å². The molecule has 2 rings (SSSR count). The van der Waals surface area contributed by atoms with Gasteiger partial charge in [-0.1, -0.05) is 19.8 Å². The van der Waals surface area contributed by atoms with Crippen molar-refractivity contribution in [3.05, 3.63) is 6.20 Å². The molecule has 5 heteroatoms. The van der Waals surface area contributed by atoms with Gasteiger partial charge in [-0.3, -0.25) is 0 Å². The molecule has 1 fully saturated rings. The Morgan fingerprint density at radius 2 is 2.00 bits per heavy atom. The Hall–Kier alpha value is -1.39. The summed E-state index contributed by atoms with van der Waals surface area (Å²) in [6, 6.07) is 0.381. The van der Waals surface area contributed by atoms with Gasteiger partial charge in [-0.25, -0.2) is 0 Å². The molecular formula is C13H23N5. The van der Waals surface area contributed by atoms with E-state index in [2.05, 4.69) is 39.2 Å². The van der Waals surface area contributed by atoms with Crippen LogP contribution in [0.5, 0.6) is 0 Å². The molecule has 0 radical (unpaired) electrons. The zero-order valence-corrected chi connectivity index (χ0v) is 11.4. The predicted octanol–water partition coefficient (Wildman–Crippen LogP) is 2.46. The minimum Gasteiger partial charge on any atom is -0.355 e. The van der Waals surface area contributed by atoms with Crippen molar-refractivity contribution < 1.29 is 0 Å². The second kappa shape index (κ2) is 6.52. The smallest absolute Gasteiger partial charge is 0.244 e. The molecule has 0 spiro atoms. The molecule has 1 aliphatic heterocycles. The molecule has 0 bridgehead atoms. The molecule has 1 N–H and O–H groups in total. The fourth-order valence-electron chi connectivity index (χ4n) is 2.13. The van der Waals surface area contributed by atoms with Crippen LogP contribution in [0.2, 0.25) is 0 Å². The Kier molecular flexibility index (Phi) is 4.73. The van der Waals surface area contributed by atoms with E-state index in [4.69, 9.17) is 0 Å². The van der Waals surface area contributed by atoms with Gasteiger partial charge in [-0.05, 0) is 26.2 Å². The molecule has 1 aromatic heterocycles. The first-order valence-electron chi connectivity index (χ1n) is 7.01. The first-order valence-corrected chi connectivity index (χ1v) is 7.01. The summed E-state index contributed by atoms with van der Waals surface area (Å²) in [5.41, 5.74) is 0. The van der Waals surface area contributed by atoms with E-state index in [0.717, 1.165) is 25.3 Å². The van der Waals surface area contributed by atoms with Crippen LogP contribution in [-0.2, 0) is 0 Å². The lowest BCUT2D eigenvalue weighted by Crippen LogP contribution is -2.26. The van der Waals surface area contributed by atoms with Crippen LogP contribution in [0.1, 0.15) is 46.0 Å². The first-order chi connectivity index (χ1) is 8.79. The first kappa shape index (κ1) is 13.1. The highest BCUT2D eigenvalue weighted by Gasteiger charge is 2.12. The van der Waals surface area contributed by atoms with Gasteiger partial charge in [0.1, 0.15) is 0 Å². The van der Waals surface area contributed by atoms with E-state index in [0.29, 0.717) is 12.0 Å². The Balaban J connectivity index is 2.05. The van der Waals surface area contributed by atoms with Gasteiger partial charge in [0, 0.05) is 19.1 Å². The second-order valence-electron chi connectivity index (χ2n) is 4.99. The molecule has 0 aromatic carbocycles. The fraction of sp³-hybridized carbons (Fsp3) is 0.769. The average Bonchev–Trinajstić information content (AvgIpc) is 2.68. The SMILES string of the molecule is CCC(C)Nc1nncc(N2CCCCCC2)n1. The summed E-state index contributed by atoms with van der Waals surface area (Å²) in [7, 11) is 0. The van der Waals surface area contributed by atoms with Crippen LogP contribution in [0.25, 0.3) is 0 Å². The van der Waals surface area contributed by atoms with Crippen LogP contribution in [-0.4, -0.2) is 34.3 Å². The molecule has 5 nitrogen and oxygen atoms in total. The third kappa shape index (κ3) is 3.55. The number of hydrogen-bond acceptors (Lipinski definition) is 5. The molecule has 0 aliphatic carbocycles. The van der Waals surface area contributed by atoms with Crippen LogP contribution < -0.4 is 10.2 Å². The van der Waals surface area contributed by atoms with E-state index in [1.165, 1.54) is 25.7 Å². The average molecular weight is 249 g/mol. The van der Waals surface area contributed by atoms with Crippen molar-refractivity contribution in [1.82, 2.24) is 15.2 Å². The van der Waals surface area contributed by atoms with E-state index in [1.54, 1.807) is 6.20 Å². The van der Waals surface area contributed by atoms with Crippen molar-refractivity contribution in [2.75, 3.05) is 23.3 Å². The summed E-state index contributed by atoms with van der Waals surface area (Å²) in [5.74, 6) is 1.60. The highest BCUT2D eigenvalue weighted by molar-refractivity contribution is 5.40. The molecule has 1 unspecified atom stereocenters. The quantitative estimate of drug-likeness (QED) is 0.888. The summed E-state index contributed by atoms with van der Waals surface area (Å²) in [5, 5.41) is 11.4. The number of anilines is 2. The topological polar surface area (TPSA) is 53.9 Å². The molecule has 1 atom stereocenters. The summed E-state index contributed by atoms with van der Waals surface area (Å²) in [6.45, 7) is 6.44. The predicted molar refractivity (Wildman–Crippen MR) is 73.9 cm³/mol. The number of rotatable bonds is 4. The van der Waals surface area contributed by atoms with E-state index in [9.17, 15) is 0 Å². The molecule has 0 saturated carbocycles. The fourth-order valence-corrected chi connectivity index (χ4v) is 2.13. The molecule has 0 amide bonds. The summed E-state index contributed by atoms with van der Waals surface area (Å²) < 4.78 is 0. The Morgan fingerprint density at radius 1 is 1.28 bits per heavy atom. The summed E-state index contributed by atoms with van der Waals surface area (Å²) >= 11 is 0. The van der Waals surface area contributed by atoms with Crippen LogP contribution in [0.15, 0.2) is 6.20 Å². The lowest BCUT2D eigenvalue weighted by atomic mass is 10.2. The van der Waals surface area contributed by atoms with Gasteiger partial charge in [0.15, 0.2) is 5.82 Å². The Bertz CT molecular complexity index is 360. The van der Waals surface area contributed by atoms with Gasteiger partial charge in [-0.15, -0.1) is 5.10 Å². The highest BCUT2D eigenvalue weighted by atomic mass is 15.3. The van der Waals surface area contributed by atoms with E-state index in [1.807, 2.05) is 0 Å². The minimum absolute atomic E-state index is 0.381. The number of nitrogens with zero attached hydrogens (tertiary/aromatic N) is 4. The van der Waals surface area contributed by atoms with Crippen molar-refractivity contribution in [2.24, 2.45) is 0 Å². The maximum atomic E-state index is 4.57. The van der Waals surface area contributed by atoms with Crippen molar-refractivity contribution in [3.8, 4) is 0 Å². The minimum atomic E-state index is 0.381. The lowest BCUT2D eigenvalue weighted by molar-refractivity contribution is 0.726. The molecule has 1 saturated heterocycles. The van der Waals surface area contributed by atoms with Gasteiger partial charge in [0.25, 0.3) is 0 Å². The lowest BCUT2D eigenvalue weighted by Gasteiger charge is -2.21. The van der Waals surface area contributed by atoms with Crippen LogP contribution in [0, 0.1) is 0 Å². The molecule has 2 heterocycles.